The molecule has 0 spiro atoms. The first-order valence-corrected chi connectivity index (χ1v) is 14.0. The molecular formula is C31H33ClN4O3. The lowest BCUT2D eigenvalue weighted by atomic mass is 9.84. The van der Waals surface area contributed by atoms with E-state index in [1.54, 1.807) is 4.90 Å². The van der Waals surface area contributed by atoms with E-state index in [-0.39, 0.29) is 12.0 Å². The summed E-state index contributed by atoms with van der Waals surface area (Å²) < 4.78 is 12.2. The van der Waals surface area contributed by atoms with E-state index in [4.69, 9.17) is 21.1 Å². The van der Waals surface area contributed by atoms with E-state index in [9.17, 15) is 4.79 Å². The van der Waals surface area contributed by atoms with E-state index in [0.717, 1.165) is 64.5 Å². The van der Waals surface area contributed by atoms with Gasteiger partial charge in [-0.15, -0.1) is 0 Å². The zero-order chi connectivity index (χ0) is 27.1. The summed E-state index contributed by atoms with van der Waals surface area (Å²) in [7, 11) is 0. The van der Waals surface area contributed by atoms with Crippen LogP contribution in [0.3, 0.4) is 0 Å². The van der Waals surface area contributed by atoms with Crippen molar-refractivity contribution in [2.45, 2.75) is 64.7 Å². The maximum atomic E-state index is 13.2. The molecule has 1 amide bonds. The number of anilines is 1. The molecule has 1 aliphatic carbocycles. The minimum atomic E-state index is -0.610. The highest BCUT2D eigenvalue weighted by Gasteiger charge is 2.32. The Labute approximate surface area is 232 Å². The minimum Gasteiger partial charge on any atom is -0.490 e. The van der Waals surface area contributed by atoms with Crippen LogP contribution in [-0.4, -0.2) is 29.3 Å². The SMILES string of the molecule is CC(C)(C)OC(=O)N1CC=C(Cl)C=c2[nH]c3c(c21)CN=NC=3[C@H]1CC[C@H](Oc2cccc3ccccc23)CC1. The van der Waals surface area contributed by atoms with Crippen molar-refractivity contribution in [3.63, 3.8) is 0 Å². The number of azo groups is 1. The van der Waals surface area contributed by atoms with Gasteiger partial charge in [0.15, 0.2) is 0 Å². The second-order valence-electron chi connectivity index (χ2n) is 11.4. The van der Waals surface area contributed by atoms with E-state index >= 15 is 0 Å². The number of halogens is 1. The number of nitrogens with zero attached hydrogens (tertiary/aromatic N) is 3. The highest BCUT2D eigenvalue weighted by molar-refractivity contribution is 6.34. The van der Waals surface area contributed by atoms with Crippen molar-refractivity contribution in [3.8, 4) is 5.75 Å². The lowest BCUT2D eigenvalue weighted by Crippen LogP contribution is -2.39. The summed E-state index contributed by atoms with van der Waals surface area (Å²) >= 11 is 6.46. The molecule has 7 nitrogen and oxygen atoms in total. The Hall–Kier alpha value is -3.58. The molecule has 1 saturated carbocycles. The molecule has 202 valence electrons. The normalized spacial score (nSPS) is 21.0. The van der Waals surface area contributed by atoms with E-state index in [2.05, 4.69) is 57.7 Å². The number of carbonyl (C=O) groups excluding carboxylic acids is 1. The fraction of sp³-hybridized carbons (Fsp3) is 0.387. The molecule has 2 aliphatic heterocycles. The van der Waals surface area contributed by atoms with Gasteiger partial charge in [0.1, 0.15) is 11.4 Å². The predicted octanol–water partition coefficient (Wildman–Crippen LogP) is 6.54. The predicted molar refractivity (Wildman–Crippen MR) is 154 cm³/mol. The number of rotatable bonds is 3. The molecule has 1 aromatic heterocycles. The fourth-order valence-electron chi connectivity index (χ4n) is 5.74. The topological polar surface area (TPSA) is 79.3 Å². The first-order valence-electron chi connectivity index (χ1n) is 13.6. The molecule has 3 aromatic rings. The van der Waals surface area contributed by atoms with Crippen molar-refractivity contribution in [1.29, 1.82) is 0 Å². The maximum Gasteiger partial charge on any atom is 0.415 e. The van der Waals surface area contributed by atoms with Crippen molar-refractivity contribution >= 4 is 45.9 Å². The summed E-state index contributed by atoms with van der Waals surface area (Å²) in [5.74, 6) is 1.20. The van der Waals surface area contributed by atoms with Crippen molar-refractivity contribution in [2.75, 3.05) is 11.4 Å². The number of ether oxygens (including phenoxy) is 2. The number of hydrogen-bond donors (Lipinski definition) is 1. The Morgan fingerprint density at radius 3 is 2.64 bits per heavy atom. The van der Waals surface area contributed by atoms with Crippen molar-refractivity contribution < 1.29 is 14.3 Å². The largest absolute Gasteiger partial charge is 0.490 e. The summed E-state index contributed by atoms with van der Waals surface area (Å²) in [6.45, 7) is 6.32. The van der Waals surface area contributed by atoms with Crippen LogP contribution in [0.5, 0.6) is 5.75 Å². The average Bonchev–Trinajstić information content (AvgIpc) is 3.17. The number of nitrogens with one attached hydrogen (secondary N) is 1. The van der Waals surface area contributed by atoms with Gasteiger partial charge < -0.3 is 14.5 Å². The molecule has 1 fully saturated rings. The maximum absolute atomic E-state index is 13.2. The minimum absolute atomic E-state index is 0.160. The van der Waals surface area contributed by atoms with Gasteiger partial charge in [0.05, 0.1) is 34.7 Å². The number of aromatic nitrogens is 1. The van der Waals surface area contributed by atoms with Gasteiger partial charge in [0, 0.05) is 28.4 Å². The first kappa shape index (κ1) is 25.7. The van der Waals surface area contributed by atoms with Crippen LogP contribution >= 0.6 is 11.6 Å². The van der Waals surface area contributed by atoms with Crippen LogP contribution in [0.25, 0.3) is 22.5 Å². The molecule has 1 N–H and O–H groups in total. The number of hydrogen-bond acceptors (Lipinski definition) is 5. The van der Waals surface area contributed by atoms with Crippen LogP contribution in [-0.2, 0) is 11.3 Å². The van der Waals surface area contributed by atoms with Crippen molar-refractivity contribution in [1.82, 2.24) is 4.98 Å². The number of H-pyrrole nitrogens is 1. The Balaban J connectivity index is 1.28. The van der Waals surface area contributed by atoms with Crippen molar-refractivity contribution in [3.05, 3.63) is 69.8 Å². The highest BCUT2D eigenvalue weighted by atomic mass is 35.5. The standard InChI is InChI=1S/C31H33ClN4O3/c1-31(2,3)39-30(37)36-16-15-21(32)17-25-29(36)24-18-33-35-27(28(24)34-25)20-11-13-22(14-12-20)38-26-10-6-8-19-7-4-5-9-23(19)26/h4-10,15,17,20,22,34H,11-14,16,18H2,1-3H3/t20-,22-. The number of aromatic amines is 1. The van der Waals surface area contributed by atoms with E-state index in [1.807, 2.05) is 32.9 Å². The summed E-state index contributed by atoms with van der Waals surface area (Å²) in [5.41, 5.74) is 2.08. The van der Waals surface area contributed by atoms with Gasteiger partial charge in [-0.25, -0.2) is 4.79 Å². The lowest BCUT2D eigenvalue weighted by molar-refractivity contribution is 0.0584. The second-order valence-corrected chi connectivity index (χ2v) is 11.9. The van der Waals surface area contributed by atoms with E-state index < -0.39 is 11.7 Å². The summed E-state index contributed by atoms with van der Waals surface area (Å²) in [6.07, 6.45) is 7.22. The fourth-order valence-corrected chi connectivity index (χ4v) is 5.91. The van der Waals surface area contributed by atoms with Crippen molar-refractivity contribution in [2.24, 2.45) is 16.1 Å². The zero-order valence-electron chi connectivity index (χ0n) is 22.5. The summed E-state index contributed by atoms with van der Waals surface area (Å²) in [6, 6.07) is 14.6. The van der Waals surface area contributed by atoms with Crippen LogP contribution < -0.4 is 20.3 Å². The number of fused-ring (bicyclic) bond motifs is 4. The molecule has 6 rings (SSSR count). The molecule has 3 heterocycles. The van der Waals surface area contributed by atoms with Crippen LogP contribution in [0.2, 0.25) is 0 Å². The monoisotopic (exact) mass is 544 g/mol. The van der Waals surface area contributed by atoms with Gasteiger partial charge in [-0.05, 0) is 70.1 Å². The Kier molecular flexibility index (Phi) is 6.71. The second kappa shape index (κ2) is 10.2. The van der Waals surface area contributed by atoms with Gasteiger partial charge in [-0.1, -0.05) is 48.0 Å². The molecule has 2 aromatic carbocycles. The highest BCUT2D eigenvalue weighted by Crippen LogP contribution is 2.36. The Morgan fingerprint density at radius 1 is 1.08 bits per heavy atom. The number of carbonyl (C=O) groups is 1. The molecule has 39 heavy (non-hydrogen) atoms. The number of benzene rings is 2. The van der Waals surface area contributed by atoms with Gasteiger partial charge in [-0.3, -0.25) is 4.90 Å². The first-order chi connectivity index (χ1) is 18.8. The molecule has 0 saturated heterocycles. The van der Waals surface area contributed by atoms with Gasteiger partial charge in [0.25, 0.3) is 0 Å². The Bertz CT molecular complexity index is 1600. The summed E-state index contributed by atoms with van der Waals surface area (Å²) in [5, 5.41) is 13.8. The molecule has 0 bridgehead atoms. The van der Waals surface area contributed by atoms with Crippen LogP contribution in [0.15, 0.2) is 63.8 Å². The van der Waals surface area contributed by atoms with Crippen LogP contribution in [0.4, 0.5) is 10.5 Å². The third-order valence-electron chi connectivity index (χ3n) is 7.50. The van der Waals surface area contributed by atoms with Gasteiger partial charge in [-0.2, -0.15) is 10.2 Å². The zero-order valence-corrected chi connectivity index (χ0v) is 23.3. The molecule has 0 radical (unpaired) electrons. The molecule has 8 heteroatoms. The third kappa shape index (κ3) is 5.20. The summed E-state index contributed by atoms with van der Waals surface area (Å²) in [4.78, 5) is 18.4. The van der Waals surface area contributed by atoms with Crippen LogP contribution in [0.1, 0.15) is 52.0 Å². The smallest absolute Gasteiger partial charge is 0.415 e. The van der Waals surface area contributed by atoms with Gasteiger partial charge >= 0.3 is 6.09 Å². The molecule has 0 atom stereocenters. The lowest BCUT2D eigenvalue weighted by Gasteiger charge is -2.30. The third-order valence-corrected chi connectivity index (χ3v) is 7.77. The van der Waals surface area contributed by atoms with E-state index in [0.29, 0.717) is 18.1 Å². The molecular weight excluding hydrogens is 512 g/mol. The average molecular weight is 545 g/mol. The molecule has 0 unspecified atom stereocenters. The number of amides is 1. The number of allylic oxidation sites excluding steroid dienone is 1. The van der Waals surface area contributed by atoms with Crippen LogP contribution in [0, 0.1) is 5.92 Å². The quantitative estimate of drug-likeness (QED) is 0.406. The van der Waals surface area contributed by atoms with E-state index in [1.165, 1.54) is 5.39 Å². The van der Waals surface area contributed by atoms with Gasteiger partial charge in [0.2, 0.25) is 0 Å². The Morgan fingerprint density at radius 2 is 1.85 bits per heavy atom. The molecule has 3 aliphatic rings.